The van der Waals surface area contributed by atoms with Gasteiger partial charge in [-0.15, -0.1) is 0 Å². The van der Waals surface area contributed by atoms with Crippen LogP contribution in [0.2, 0.25) is 0 Å². The molecule has 0 radical (unpaired) electrons. The van der Waals surface area contributed by atoms with E-state index in [2.05, 4.69) is 36.5 Å². The standard InChI is InChI=1S/C14H13BrN4O2/c15-10-5-8-1-2-11(18-13(8)17-7-10)19-14(21)9-3-4-16-12(20)6-9/h1-2,5,7,9H,3-4,6H2,(H,16,20)(H,17,18,19,21). The molecule has 1 saturated heterocycles. The van der Waals surface area contributed by atoms with Crippen LogP contribution in [0.15, 0.2) is 28.9 Å². The van der Waals surface area contributed by atoms with E-state index in [-0.39, 0.29) is 24.2 Å². The molecule has 1 fully saturated rings. The lowest BCUT2D eigenvalue weighted by Crippen LogP contribution is -2.38. The Kier molecular flexibility index (Phi) is 3.83. The molecule has 21 heavy (non-hydrogen) atoms. The number of hydrogen-bond acceptors (Lipinski definition) is 4. The number of pyridine rings is 2. The Morgan fingerprint density at radius 1 is 1.43 bits per heavy atom. The SMILES string of the molecule is O=C1CC(C(=O)Nc2ccc3cc(Br)cnc3n2)CCN1. The number of halogens is 1. The summed E-state index contributed by atoms with van der Waals surface area (Å²) < 4.78 is 0.877. The second-order valence-corrected chi connectivity index (χ2v) is 5.84. The molecule has 6 nitrogen and oxygen atoms in total. The highest BCUT2D eigenvalue weighted by Gasteiger charge is 2.25. The zero-order valence-corrected chi connectivity index (χ0v) is 12.7. The normalized spacial score (nSPS) is 18.3. The van der Waals surface area contributed by atoms with Crippen molar-refractivity contribution >= 4 is 44.6 Å². The number of carbonyl (C=O) groups excluding carboxylic acids is 2. The first-order valence-electron chi connectivity index (χ1n) is 6.62. The van der Waals surface area contributed by atoms with E-state index in [0.717, 1.165) is 9.86 Å². The van der Waals surface area contributed by atoms with Gasteiger partial charge in [-0.2, -0.15) is 0 Å². The molecule has 2 aromatic rings. The van der Waals surface area contributed by atoms with Gasteiger partial charge in [0.15, 0.2) is 5.65 Å². The Balaban J connectivity index is 1.76. The van der Waals surface area contributed by atoms with Crippen LogP contribution in [0.3, 0.4) is 0 Å². The fourth-order valence-electron chi connectivity index (χ4n) is 2.29. The molecule has 7 heteroatoms. The molecule has 1 atom stereocenters. The summed E-state index contributed by atoms with van der Waals surface area (Å²) in [6, 6.07) is 5.49. The smallest absolute Gasteiger partial charge is 0.229 e. The van der Waals surface area contributed by atoms with Gasteiger partial charge in [0.1, 0.15) is 5.82 Å². The summed E-state index contributed by atoms with van der Waals surface area (Å²) in [4.78, 5) is 32.0. The van der Waals surface area contributed by atoms with E-state index in [1.165, 1.54) is 0 Å². The van der Waals surface area contributed by atoms with Gasteiger partial charge in [-0.1, -0.05) is 0 Å². The third-order valence-corrected chi connectivity index (χ3v) is 3.81. The van der Waals surface area contributed by atoms with Crippen molar-refractivity contribution in [2.75, 3.05) is 11.9 Å². The van der Waals surface area contributed by atoms with Gasteiger partial charge in [-0.25, -0.2) is 9.97 Å². The third kappa shape index (κ3) is 3.18. The van der Waals surface area contributed by atoms with Gasteiger partial charge < -0.3 is 10.6 Å². The number of nitrogens with zero attached hydrogens (tertiary/aromatic N) is 2. The van der Waals surface area contributed by atoms with Crippen molar-refractivity contribution in [2.45, 2.75) is 12.8 Å². The van der Waals surface area contributed by atoms with Gasteiger partial charge >= 0.3 is 0 Å². The van der Waals surface area contributed by atoms with Crippen LogP contribution in [0.1, 0.15) is 12.8 Å². The van der Waals surface area contributed by atoms with Crippen LogP contribution in [-0.4, -0.2) is 28.3 Å². The Labute approximate surface area is 129 Å². The van der Waals surface area contributed by atoms with Crippen LogP contribution in [0.25, 0.3) is 11.0 Å². The number of piperidine rings is 1. The molecule has 0 aliphatic carbocycles. The number of amides is 2. The van der Waals surface area contributed by atoms with Crippen LogP contribution in [-0.2, 0) is 9.59 Å². The maximum Gasteiger partial charge on any atom is 0.229 e. The number of anilines is 1. The molecule has 1 unspecified atom stereocenters. The van der Waals surface area contributed by atoms with Gasteiger partial charge in [0, 0.05) is 34.9 Å². The summed E-state index contributed by atoms with van der Waals surface area (Å²) in [6.07, 6.45) is 2.54. The summed E-state index contributed by atoms with van der Waals surface area (Å²) in [5.41, 5.74) is 0.567. The summed E-state index contributed by atoms with van der Waals surface area (Å²) in [5, 5.41) is 6.36. The first-order valence-corrected chi connectivity index (χ1v) is 7.41. The van der Waals surface area contributed by atoms with Crippen molar-refractivity contribution in [1.82, 2.24) is 15.3 Å². The van der Waals surface area contributed by atoms with E-state index in [4.69, 9.17) is 0 Å². The molecule has 2 aromatic heterocycles. The first-order chi connectivity index (χ1) is 10.1. The highest BCUT2D eigenvalue weighted by atomic mass is 79.9. The lowest BCUT2D eigenvalue weighted by Gasteiger charge is -2.21. The average molecular weight is 349 g/mol. The second kappa shape index (κ2) is 5.77. The quantitative estimate of drug-likeness (QED) is 0.867. The van der Waals surface area contributed by atoms with Gasteiger partial charge in [-0.3, -0.25) is 9.59 Å². The van der Waals surface area contributed by atoms with Gasteiger partial charge in [0.25, 0.3) is 0 Å². The molecule has 3 heterocycles. The molecule has 2 N–H and O–H groups in total. The van der Waals surface area contributed by atoms with Gasteiger partial charge in [0.05, 0.1) is 0 Å². The van der Waals surface area contributed by atoms with Crippen LogP contribution in [0, 0.1) is 5.92 Å². The number of carbonyl (C=O) groups is 2. The minimum absolute atomic E-state index is 0.0839. The number of nitrogens with one attached hydrogen (secondary N) is 2. The monoisotopic (exact) mass is 348 g/mol. The molecule has 0 aromatic carbocycles. The van der Waals surface area contributed by atoms with Crippen molar-refractivity contribution in [2.24, 2.45) is 5.92 Å². The maximum absolute atomic E-state index is 12.1. The number of fused-ring (bicyclic) bond motifs is 1. The number of aromatic nitrogens is 2. The average Bonchev–Trinajstić information content (AvgIpc) is 2.47. The molecule has 2 amide bonds. The maximum atomic E-state index is 12.1. The first kappa shape index (κ1) is 13.9. The van der Waals surface area contributed by atoms with Crippen molar-refractivity contribution in [3.05, 3.63) is 28.9 Å². The van der Waals surface area contributed by atoms with E-state index in [0.29, 0.717) is 24.4 Å². The van der Waals surface area contributed by atoms with Crippen LogP contribution in [0.5, 0.6) is 0 Å². The summed E-state index contributed by atoms with van der Waals surface area (Å²) in [6.45, 7) is 0.539. The summed E-state index contributed by atoms with van der Waals surface area (Å²) in [5.74, 6) is -0.101. The predicted octanol–water partition coefficient (Wildman–Crippen LogP) is 1.86. The van der Waals surface area contributed by atoms with E-state index < -0.39 is 0 Å². The van der Waals surface area contributed by atoms with Crippen molar-refractivity contribution in [3.63, 3.8) is 0 Å². The fourth-order valence-corrected chi connectivity index (χ4v) is 2.64. The highest BCUT2D eigenvalue weighted by molar-refractivity contribution is 9.10. The van der Waals surface area contributed by atoms with Crippen molar-refractivity contribution in [1.29, 1.82) is 0 Å². The summed E-state index contributed by atoms with van der Waals surface area (Å²) in [7, 11) is 0. The second-order valence-electron chi connectivity index (χ2n) is 4.93. The Morgan fingerprint density at radius 3 is 3.10 bits per heavy atom. The lowest BCUT2D eigenvalue weighted by molar-refractivity contribution is -0.129. The summed E-state index contributed by atoms with van der Waals surface area (Å²) >= 11 is 3.35. The zero-order chi connectivity index (χ0) is 14.8. The topological polar surface area (TPSA) is 84.0 Å². The van der Waals surface area contributed by atoms with E-state index in [1.54, 1.807) is 12.3 Å². The van der Waals surface area contributed by atoms with Crippen LogP contribution in [0.4, 0.5) is 5.82 Å². The van der Waals surface area contributed by atoms with E-state index >= 15 is 0 Å². The van der Waals surface area contributed by atoms with Crippen LogP contribution < -0.4 is 10.6 Å². The highest BCUT2D eigenvalue weighted by Crippen LogP contribution is 2.19. The molecular weight excluding hydrogens is 336 g/mol. The fraction of sp³-hybridized carbons (Fsp3) is 0.286. The molecule has 1 aliphatic rings. The Morgan fingerprint density at radius 2 is 2.29 bits per heavy atom. The number of hydrogen-bond donors (Lipinski definition) is 2. The van der Waals surface area contributed by atoms with E-state index in [1.807, 2.05) is 12.1 Å². The minimum Gasteiger partial charge on any atom is -0.356 e. The van der Waals surface area contributed by atoms with Gasteiger partial charge in [-0.05, 0) is 40.5 Å². The van der Waals surface area contributed by atoms with Gasteiger partial charge in [0.2, 0.25) is 11.8 Å². The molecule has 0 spiro atoms. The molecule has 0 bridgehead atoms. The molecular formula is C14H13BrN4O2. The van der Waals surface area contributed by atoms with Crippen LogP contribution >= 0.6 is 15.9 Å². The molecule has 108 valence electrons. The number of rotatable bonds is 2. The lowest BCUT2D eigenvalue weighted by atomic mass is 9.97. The molecule has 0 saturated carbocycles. The minimum atomic E-state index is -0.297. The molecule has 3 rings (SSSR count). The van der Waals surface area contributed by atoms with Crippen molar-refractivity contribution < 1.29 is 9.59 Å². The third-order valence-electron chi connectivity index (χ3n) is 3.38. The zero-order valence-electron chi connectivity index (χ0n) is 11.1. The van der Waals surface area contributed by atoms with E-state index in [9.17, 15) is 9.59 Å². The largest absolute Gasteiger partial charge is 0.356 e. The molecule has 1 aliphatic heterocycles. The Hall–Kier alpha value is -2.02. The predicted molar refractivity (Wildman–Crippen MR) is 81.6 cm³/mol. The Bertz CT molecular complexity index is 719. The van der Waals surface area contributed by atoms with Crippen molar-refractivity contribution in [3.8, 4) is 0 Å².